The van der Waals surface area contributed by atoms with Crippen LogP contribution in [0.4, 0.5) is 0 Å². The van der Waals surface area contributed by atoms with Gasteiger partial charge < -0.3 is 14.7 Å². The van der Waals surface area contributed by atoms with E-state index in [0.717, 1.165) is 54.4 Å². The van der Waals surface area contributed by atoms with Crippen molar-refractivity contribution in [3.63, 3.8) is 0 Å². The topological polar surface area (TPSA) is 113 Å². The molecule has 0 amide bonds. The highest BCUT2D eigenvalue weighted by Crippen LogP contribution is 2.37. The molecule has 1 atom stereocenters. The van der Waals surface area contributed by atoms with Crippen LogP contribution in [0.15, 0.2) is 18.5 Å². The monoisotopic (exact) mass is 391 g/mol. The molecule has 0 aliphatic heterocycles. The van der Waals surface area contributed by atoms with Crippen LogP contribution < -0.4 is 4.72 Å². The van der Waals surface area contributed by atoms with E-state index in [-0.39, 0.29) is 12.0 Å². The Balaban J connectivity index is 1.67. The fraction of sp³-hybridized carbons (Fsp3) is 0.556. The van der Waals surface area contributed by atoms with E-state index in [1.165, 1.54) is 6.26 Å². The molecule has 4 rings (SSSR count). The van der Waals surface area contributed by atoms with Crippen LogP contribution in [-0.2, 0) is 14.8 Å². The fourth-order valence-corrected chi connectivity index (χ4v) is 4.93. The Labute approximate surface area is 158 Å². The number of ether oxygens (including phenoxy) is 1. The number of H-pyrrole nitrogens is 2. The molecular formula is C18H25N5O3S. The second kappa shape index (κ2) is 7.21. The first-order valence-electron chi connectivity index (χ1n) is 9.22. The number of rotatable bonds is 6. The first kappa shape index (κ1) is 18.4. The maximum Gasteiger partial charge on any atom is 0.209 e. The van der Waals surface area contributed by atoms with Crippen molar-refractivity contribution in [1.29, 1.82) is 0 Å². The Bertz CT molecular complexity index is 1030. The van der Waals surface area contributed by atoms with Gasteiger partial charge in [-0.15, -0.1) is 0 Å². The summed E-state index contributed by atoms with van der Waals surface area (Å²) in [7, 11) is -1.64. The number of imidazole rings is 1. The van der Waals surface area contributed by atoms with E-state index in [1.54, 1.807) is 13.3 Å². The van der Waals surface area contributed by atoms with Gasteiger partial charge in [-0.2, -0.15) is 0 Å². The van der Waals surface area contributed by atoms with Gasteiger partial charge in [-0.1, -0.05) is 0 Å². The molecular weight excluding hydrogens is 366 g/mol. The van der Waals surface area contributed by atoms with Crippen molar-refractivity contribution in [2.24, 2.45) is 11.8 Å². The number of fused-ring (bicyclic) bond motifs is 3. The molecule has 8 nitrogen and oxygen atoms in total. The van der Waals surface area contributed by atoms with Crippen molar-refractivity contribution in [3.8, 4) is 0 Å². The zero-order chi connectivity index (χ0) is 19.0. The number of nitrogens with one attached hydrogen (secondary N) is 3. The summed E-state index contributed by atoms with van der Waals surface area (Å²) in [6.07, 6.45) is 8.71. The Hall–Kier alpha value is -1.97. The lowest BCUT2D eigenvalue weighted by atomic mass is 9.79. The van der Waals surface area contributed by atoms with Crippen LogP contribution in [0.2, 0.25) is 0 Å². The van der Waals surface area contributed by atoms with Crippen molar-refractivity contribution < 1.29 is 13.2 Å². The van der Waals surface area contributed by atoms with Crippen LogP contribution in [0.1, 0.15) is 37.5 Å². The zero-order valence-corrected chi connectivity index (χ0v) is 16.3. The smallest absolute Gasteiger partial charge is 0.209 e. The molecule has 1 fully saturated rings. The largest absolute Gasteiger partial charge is 0.384 e. The maximum absolute atomic E-state index is 12.0. The first-order chi connectivity index (χ1) is 12.9. The van der Waals surface area contributed by atoms with Gasteiger partial charge in [-0.05, 0) is 43.6 Å². The molecule has 0 radical (unpaired) electrons. The van der Waals surface area contributed by atoms with Gasteiger partial charge in [-0.3, -0.25) is 0 Å². The highest BCUT2D eigenvalue weighted by atomic mass is 32.2. The number of nitrogens with zero attached hydrogens (tertiary/aromatic N) is 2. The second-order valence-electron chi connectivity index (χ2n) is 7.49. The minimum absolute atomic E-state index is 0.197. The van der Waals surface area contributed by atoms with Crippen LogP contribution in [-0.4, -0.2) is 48.3 Å². The van der Waals surface area contributed by atoms with Gasteiger partial charge in [0.05, 0.1) is 24.0 Å². The minimum Gasteiger partial charge on any atom is -0.384 e. The predicted octanol–water partition coefficient (Wildman–Crippen LogP) is 2.48. The lowest BCUT2D eigenvalue weighted by molar-refractivity contribution is 0.112. The summed E-state index contributed by atoms with van der Waals surface area (Å²) >= 11 is 0. The number of sulfonamides is 1. The third-order valence-electron chi connectivity index (χ3n) is 5.45. The fourth-order valence-electron chi connectivity index (χ4n) is 4.17. The highest BCUT2D eigenvalue weighted by Gasteiger charge is 2.32. The van der Waals surface area contributed by atoms with Crippen LogP contribution in [0.3, 0.4) is 0 Å². The Kier molecular flexibility index (Phi) is 4.92. The summed E-state index contributed by atoms with van der Waals surface area (Å²) in [6.45, 7) is 0.763. The van der Waals surface area contributed by atoms with Crippen LogP contribution >= 0.6 is 0 Å². The number of aromatic nitrogens is 4. The number of pyridine rings is 1. The molecule has 3 aromatic rings. The number of hydrogen-bond acceptors (Lipinski definition) is 5. The molecule has 146 valence electrons. The molecule has 0 bridgehead atoms. The summed E-state index contributed by atoms with van der Waals surface area (Å²) in [5.41, 5.74) is 2.39. The number of hydrogen-bond donors (Lipinski definition) is 3. The Morgan fingerprint density at radius 2 is 2.11 bits per heavy atom. The van der Waals surface area contributed by atoms with Gasteiger partial charge in [0.15, 0.2) is 0 Å². The molecule has 3 aromatic heterocycles. The lowest BCUT2D eigenvalue weighted by Crippen LogP contribution is -2.35. The zero-order valence-electron chi connectivity index (χ0n) is 15.5. The summed E-state index contributed by atoms with van der Waals surface area (Å²) < 4.78 is 32.1. The van der Waals surface area contributed by atoms with Gasteiger partial charge in [-0.25, -0.2) is 23.1 Å². The minimum atomic E-state index is -3.37. The second-order valence-corrected chi connectivity index (χ2v) is 9.27. The van der Waals surface area contributed by atoms with Crippen LogP contribution in [0, 0.1) is 11.8 Å². The molecule has 1 aliphatic rings. The van der Waals surface area contributed by atoms with Gasteiger partial charge in [0.1, 0.15) is 17.0 Å². The van der Waals surface area contributed by atoms with Crippen molar-refractivity contribution in [2.45, 2.75) is 31.7 Å². The summed E-state index contributed by atoms with van der Waals surface area (Å²) in [4.78, 5) is 15.5. The number of methoxy groups -OCH3 is 1. The van der Waals surface area contributed by atoms with Gasteiger partial charge in [0.25, 0.3) is 0 Å². The van der Waals surface area contributed by atoms with Crippen LogP contribution in [0.25, 0.3) is 22.1 Å². The van der Waals surface area contributed by atoms with Gasteiger partial charge >= 0.3 is 0 Å². The normalized spacial score (nSPS) is 22.4. The molecule has 0 aromatic carbocycles. The average molecular weight is 391 g/mol. The third-order valence-corrected chi connectivity index (χ3v) is 6.14. The predicted molar refractivity (Wildman–Crippen MR) is 104 cm³/mol. The first-order valence-corrected chi connectivity index (χ1v) is 11.1. The molecule has 1 unspecified atom stereocenters. The molecule has 9 heteroatoms. The number of aromatic amines is 2. The average Bonchev–Trinajstić information content (AvgIpc) is 3.26. The maximum atomic E-state index is 12.0. The van der Waals surface area contributed by atoms with E-state index < -0.39 is 10.0 Å². The van der Waals surface area contributed by atoms with E-state index in [4.69, 9.17) is 9.72 Å². The Morgan fingerprint density at radius 3 is 2.81 bits per heavy atom. The van der Waals surface area contributed by atoms with E-state index >= 15 is 0 Å². The van der Waals surface area contributed by atoms with Crippen molar-refractivity contribution in [3.05, 3.63) is 24.3 Å². The highest BCUT2D eigenvalue weighted by molar-refractivity contribution is 7.88. The molecule has 27 heavy (non-hydrogen) atoms. The van der Waals surface area contributed by atoms with Crippen LogP contribution in [0.5, 0.6) is 0 Å². The van der Waals surface area contributed by atoms with E-state index in [1.807, 2.05) is 12.3 Å². The molecule has 3 N–H and O–H groups in total. The molecule has 0 spiro atoms. The standard InChI is InChI=1S/C18H25N5O3S/c1-26-10-11-3-5-12(6-4-11)15(23-27(2,24)25)18-21-14-9-20-17-13(7-8-19-17)16(14)22-18/h7-9,11-12,15,23H,3-6,10H2,1-2H3,(H,19,20)(H,21,22). The molecule has 0 saturated heterocycles. The SMILES string of the molecule is COCC1CCC(C(NS(C)(=O)=O)c2nc3c(cnc4[nH]ccc43)[nH]2)CC1. The van der Waals surface area contributed by atoms with Gasteiger partial charge in [0.2, 0.25) is 10.0 Å². The molecule has 1 aliphatic carbocycles. The Morgan fingerprint density at radius 1 is 1.33 bits per heavy atom. The summed E-state index contributed by atoms with van der Waals surface area (Å²) in [6, 6.07) is 1.56. The quantitative estimate of drug-likeness (QED) is 0.597. The van der Waals surface area contributed by atoms with E-state index in [9.17, 15) is 8.42 Å². The third kappa shape index (κ3) is 3.85. The lowest BCUT2D eigenvalue weighted by Gasteiger charge is -2.32. The van der Waals surface area contributed by atoms with Crippen molar-refractivity contribution >= 4 is 32.1 Å². The summed E-state index contributed by atoms with van der Waals surface area (Å²) in [5.74, 6) is 1.40. The van der Waals surface area contributed by atoms with Gasteiger partial charge in [0, 0.05) is 25.3 Å². The van der Waals surface area contributed by atoms with E-state index in [0.29, 0.717) is 11.7 Å². The molecule has 1 saturated carbocycles. The van der Waals surface area contributed by atoms with E-state index in [2.05, 4.69) is 19.7 Å². The van der Waals surface area contributed by atoms with Crippen molar-refractivity contribution in [1.82, 2.24) is 24.7 Å². The summed E-state index contributed by atoms with van der Waals surface area (Å²) in [5, 5.41) is 0.928. The molecule has 3 heterocycles. The van der Waals surface area contributed by atoms with Crippen molar-refractivity contribution in [2.75, 3.05) is 20.0 Å².